The van der Waals surface area contributed by atoms with Crippen LogP contribution in [0.1, 0.15) is 36.8 Å². The number of hydrogen-bond acceptors (Lipinski definition) is 2. The van der Waals surface area contributed by atoms with E-state index in [2.05, 4.69) is 54.6 Å². The summed E-state index contributed by atoms with van der Waals surface area (Å²) in [6.07, 6.45) is 0.988. The van der Waals surface area contributed by atoms with Crippen molar-refractivity contribution in [3.8, 4) is 0 Å². The van der Waals surface area contributed by atoms with E-state index in [-0.39, 0.29) is 0 Å². The van der Waals surface area contributed by atoms with Gasteiger partial charge in [-0.15, -0.1) is 0 Å². The molecule has 0 saturated carbocycles. The monoisotopic (exact) mass is 243 g/mol. The predicted molar refractivity (Wildman–Crippen MR) is 74.3 cm³/mol. The summed E-state index contributed by atoms with van der Waals surface area (Å²) in [5.41, 5.74) is 3.70. The standard InChI is InChI=1S/C15H21N3/c1-4-14-10-15(18(3)17-14)11-16-12(2)13-8-6-5-7-9-13/h5-10,12,16H,4,11H2,1-3H3. The minimum absolute atomic E-state index is 0.353. The molecular weight excluding hydrogens is 222 g/mol. The number of nitrogens with zero attached hydrogens (tertiary/aromatic N) is 2. The summed E-state index contributed by atoms with van der Waals surface area (Å²) in [5, 5.41) is 7.99. The fourth-order valence-electron chi connectivity index (χ4n) is 2.03. The summed E-state index contributed by atoms with van der Waals surface area (Å²) in [6, 6.07) is 13.0. The number of benzene rings is 1. The molecule has 3 nitrogen and oxygen atoms in total. The van der Waals surface area contributed by atoms with Crippen LogP contribution in [-0.2, 0) is 20.0 Å². The molecule has 0 aliphatic heterocycles. The highest BCUT2D eigenvalue weighted by atomic mass is 15.3. The van der Waals surface area contributed by atoms with Crippen LogP contribution in [0.4, 0.5) is 0 Å². The molecule has 1 atom stereocenters. The molecule has 0 bridgehead atoms. The number of aryl methyl sites for hydroxylation is 2. The number of aromatic nitrogens is 2. The van der Waals surface area contributed by atoms with Crippen molar-refractivity contribution in [2.45, 2.75) is 32.9 Å². The number of rotatable bonds is 5. The van der Waals surface area contributed by atoms with Crippen molar-refractivity contribution in [1.82, 2.24) is 15.1 Å². The third-order valence-electron chi connectivity index (χ3n) is 3.28. The van der Waals surface area contributed by atoms with E-state index in [0.29, 0.717) is 6.04 Å². The first-order chi connectivity index (χ1) is 8.70. The highest BCUT2D eigenvalue weighted by Gasteiger charge is 2.07. The van der Waals surface area contributed by atoms with Crippen molar-refractivity contribution in [3.05, 3.63) is 53.3 Å². The Labute approximate surface area is 109 Å². The van der Waals surface area contributed by atoms with Gasteiger partial charge in [0.15, 0.2) is 0 Å². The van der Waals surface area contributed by atoms with Gasteiger partial charge in [0.1, 0.15) is 0 Å². The third-order valence-corrected chi connectivity index (χ3v) is 3.28. The Morgan fingerprint density at radius 2 is 2.00 bits per heavy atom. The van der Waals surface area contributed by atoms with Gasteiger partial charge in [-0.2, -0.15) is 5.10 Å². The third kappa shape index (κ3) is 2.99. The highest BCUT2D eigenvalue weighted by Crippen LogP contribution is 2.12. The molecule has 0 radical (unpaired) electrons. The first kappa shape index (κ1) is 12.8. The lowest BCUT2D eigenvalue weighted by atomic mass is 10.1. The smallest absolute Gasteiger partial charge is 0.0625 e. The normalized spacial score (nSPS) is 12.6. The molecule has 0 amide bonds. The molecule has 3 heteroatoms. The molecule has 2 aromatic rings. The van der Waals surface area contributed by atoms with Gasteiger partial charge in [-0.1, -0.05) is 37.3 Å². The fraction of sp³-hybridized carbons (Fsp3) is 0.400. The summed E-state index contributed by atoms with van der Waals surface area (Å²) >= 11 is 0. The Morgan fingerprint density at radius 1 is 1.28 bits per heavy atom. The second-order valence-electron chi connectivity index (χ2n) is 4.62. The molecule has 0 spiro atoms. The van der Waals surface area contributed by atoms with Crippen molar-refractivity contribution in [2.24, 2.45) is 7.05 Å². The molecule has 0 saturated heterocycles. The maximum atomic E-state index is 4.46. The van der Waals surface area contributed by atoms with Crippen molar-refractivity contribution in [2.75, 3.05) is 0 Å². The molecule has 1 unspecified atom stereocenters. The Kier molecular flexibility index (Phi) is 4.15. The van der Waals surface area contributed by atoms with Crippen LogP contribution >= 0.6 is 0 Å². The molecule has 2 rings (SSSR count). The van der Waals surface area contributed by atoms with Gasteiger partial charge in [-0.05, 0) is 25.0 Å². The van der Waals surface area contributed by atoms with Crippen molar-refractivity contribution in [3.63, 3.8) is 0 Å². The van der Waals surface area contributed by atoms with Gasteiger partial charge < -0.3 is 5.32 Å². The molecule has 1 N–H and O–H groups in total. The molecule has 0 fully saturated rings. The first-order valence-electron chi connectivity index (χ1n) is 6.50. The van der Waals surface area contributed by atoms with E-state index in [1.54, 1.807) is 0 Å². The van der Waals surface area contributed by atoms with E-state index >= 15 is 0 Å². The van der Waals surface area contributed by atoms with E-state index in [9.17, 15) is 0 Å². The molecule has 1 aromatic heterocycles. The van der Waals surface area contributed by atoms with Crippen LogP contribution < -0.4 is 5.32 Å². The van der Waals surface area contributed by atoms with Gasteiger partial charge in [-0.25, -0.2) is 0 Å². The first-order valence-corrected chi connectivity index (χ1v) is 6.50. The Hall–Kier alpha value is -1.61. The molecule has 1 aromatic carbocycles. The number of hydrogen-bond donors (Lipinski definition) is 1. The van der Waals surface area contributed by atoms with Gasteiger partial charge in [0, 0.05) is 19.6 Å². The largest absolute Gasteiger partial charge is 0.305 e. The Balaban J connectivity index is 1.97. The maximum Gasteiger partial charge on any atom is 0.0625 e. The van der Waals surface area contributed by atoms with E-state index in [0.717, 1.165) is 18.7 Å². The van der Waals surface area contributed by atoms with Crippen molar-refractivity contribution >= 4 is 0 Å². The summed E-state index contributed by atoms with van der Waals surface area (Å²) in [5.74, 6) is 0. The number of nitrogens with one attached hydrogen (secondary N) is 1. The second-order valence-corrected chi connectivity index (χ2v) is 4.62. The van der Waals surface area contributed by atoms with Crippen LogP contribution in [0.5, 0.6) is 0 Å². The average molecular weight is 243 g/mol. The van der Waals surface area contributed by atoms with Gasteiger partial charge in [-0.3, -0.25) is 4.68 Å². The second kappa shape index (κ2) is 5.83. The lowest BCUT2D eigenvalue weighted by Crippen LogP contribution is -2.19. The quantitative estimate of drug-likeness (QED) is 0.875. The van der Waals surface area contributed by atoms with Crippen LogP contribution in [0.3, 0.4) is 0 Å². The summed E-state index contributed by atoms with van der Waals surface area (Å²) in [6.45, 7) is 5.16. The molecule has 0 aliphatic rings. The van der Waals surface area contributed by atoms with Crippen LogP contribution in [0.25, 0.3) is 0 Å². The SMILES string of the molecule is CCc1cc(CNC(C)c2ccccc2)n(C)n1. The van der Waals surface area contributed by atoms with Crippen molar-refractivity contribution in [1.29, 1.82) is 0 Å². The van der Waals surface area contributed by atoms with Crippen LogP contribution in [-0.4, -0.2) is 9.78 Å². The molecule has 0 aliphatic carbocycles. The molecule has 18 heavy (non-hydrogen) atoms. The van der Waals surface area contributed by atoms with E-state index in [1.807, 2.05) is 17.8 Å². The van der Waals surface area contributed by atoms with E-state index in [4.69, 9.17) is 0 Å². The van der Waals surface area contributed by atoms with Gasteiger partial charge in [0.05, 0.1) is 11.4 Å². The molecule has 1 heterocycles. The minimum atomic E-state index is 0.353. The zero-order valence-corrected chi connectivity index (χ0v) is 11.4. The maximum absolute atomic E-state index is 4.46. The lowest BCUT2D eigenvalue weighted by molar-refractivity contribution is 0.548. The summed E-state index contributed by atoms with van der Waals surface area (Å²) in [4.78, 5) is 0. The zero-order valence-electron chi connectivity index (χ0n) is 11.4. The average Bonchev–Trinajstić information content (AvgIpc) is 2.77. The topological polar surface area (TPSA) is 29.9 Å². The van der Waals surface area contributed by atoms with Crippen LogP contribution in [0.15, 0.2) is 36.4 Å². The summed E-state index contributed by atoms with van der Waals surface area (Å²) in [7, 11) is 2.00. The highest BCUT2D eigenvalue weighted by molar-refractivity contribution is 5.18. The van der Waals surface area contributed by atoms with Gasteiger partial charge >= 0.3 is 0 Å². The zero-order chi connectivity index (χ0) is 13.0. The predicted octanol–water partition coefficient (Wildman–Crippen LogP) is 2.83. The Morgan fingerprint density at radius 3 is 2.61 bits per heavy atom. The molecular formula is C15H21N3. The van der Waals surface area contributed by atoms with Gasteiger partial charge in [0.25, 0.3) is 0 Å². The lowest BCUT2D eigenvalue weighted by Gasteiger charge is -2.14. The fourth-order valence-corrected chi connectivity index (χ4v) is 2.03. The Bertz CT molecular complexity index is 488. The molecule has 96 valence electrons. The van der Waals surface area contributed by atoms with E-state index in [1.165, 1.54) is 11.3 Å². The van der Waals surface area contributed by atoms with Gasteiger partial charge in [0.2, 0.25) is 0 Å². The van der Waals surface area contributed by atoms with Crippen molar-refractivity contribution < 1.29 is 0 Å². The van der Waals surface area contributed by atoms with Crippen LogP contribution in [0, 0.1) is 0 Å². The summed E-state index contributed by atoms with van der Waals surface area (Å²) < 4.78 is 1.96. The van der Waals surface area contributed by atoms with E-state index < -0.39 is 0 Å². The van der Waals surface area contributed by atoms with Crippen LogP contribution in [0.2, 0.25) is 0 Å². The minimum Gasteiger partial charge on any atom is -0.305 e.